The highest BCUT2D eigenvalue weighted by Gasteiger charge is 2.31. The van der Waals surface area contributed by atoms with E-state index in [0.717, 1.165) is 16.3 Å². The van der Waals surface area contributed by atoms with Crippen LogP contribution in [0.2, 0.25) is 0 Å². The number of nitrogens with zero attached hydrogens (tertiary/aromatic N) is 2. The van der Waals surface area contributed by atoms with Crippen LogP contribution in [0.1, 0.15) is 31.0 Å². The fourth-order valence-electron chi connectivity index (χ4n) is 4.82. The molecular weight excluding hydrogens is 540 g/mol. The Morgan fingerprint density at radius 2 is 1.78 bits per heavy atom. The van der Waals surface area contributed by atoms with Crippen molar-refractivity contribution >= 4 is 34.2 Å². The average Bonchev–Trinajstić information content (AvgIpc) is 3.31. The number of thiazole rings is 1. The molecule has 3 aromatic carbocycles. The summed E-state index contributed by atoms with van der Waals surface area (Å²) in [6.07, 6.45) is 4.97. The Balaban J connectivity index is 1.73. The van der Waals surface area contributed by atoms with Gasteiger partial charge in [0.25, 0.3) is 5.56 Å². The zero-order valence-corrected chi connectivity index (χ0v) is 23.9. The summed E-state index contributed by atoms with van der Waals surface area (Å²) in [4.78, 5) is 31.9. The summed E-state index contributed by atoms with van der Waals surface area (Å²) in [6.45, 7) is 8.74. The van der Waals surface area contributed by atoms with Crippen LogP contribution >= 0.6 is 11.3 Å². The average molecular weight is 571 g/mol. The van der Waals surface area contributed by atoms with Gasteiger partial charge in [-0.3, -0.25) is 9.36 Å². The Morgan fingerprint density at radius 3 is 2.54 bits per heavy atom. The Hall–Kier alpha value is -4.63. The van der Waals surface area contributed by atoms with Crippen molar-refractivity contribution in [2.45, 2.75) is 19.9 Å². The van der Waals surface area contributed by atoms with Gasteiger partial charge in [0, 0.05) is 11.8 Å². The van der Waals surface area contributed by atoms with E-state index in [0.29, 0.717) is 52.0 Å². The molecule has 0 amide bonds. The van der Waals surface area contributed by atoms with Crippen LogP contribution < -0.4 is 29.1 Å². The van der Waals surface area contributed by atoms with Crippen LogP contribution in [0.4, 0.5) is 0 Å². The second kappa shape index (κ2) is 12.3. The number of carbonyl (C=O) groups excluding carboxylic acids is 1. The van der Waals surface area contributed by atoms with Gasteiger partial charge in [-0.25, -0.2) is 9.79 Å². The first-order chi connectivity index (χ1) is 20.0. The summed E-state index contributed by atoms with van der Waals surface area (Å²) in [7, 11) is 1.31. The number of fused-ring (bicyclic) bond motifs is 2. The summed E-state index contributed by atoms with van der Waals surface area (Å²) in [6, 6.07) is 16.4. The second-order valence-corrected chi connectivity index (χ2v) is 10.1. The maximum Gasteiger partial charge on any atom is 0.337 e. The van der Waals surface area contributed by atoms with E-state index in [2.05, 4.69) is 11.6 Å². The molecule has 1 atom stereocenters. The van der Waals surface area contributed by atoms with E-state index in [1.165, 1.54) is 29.2 Å². The molecule has 4 aromatic rings. The molecule has 0 N–H and O–H groups in total. The lowest BCUT2D eigenvalue weighted by molar-refractivity contribution is -0.136. The molecule has 0 spiro atoms. The van der Waals surface area contributed by atoms with E-state index >= 15 is 0 Å². The SMILES string of the molecule is C=CCOc1ccc2ccccc2c1/C=c1/sc2n(c1=O)[C@@H](c1ccc(OCC)c(OCC)c1)C(C(=O)OC)=CN=2. The molecule has 1 aliphatic heterocycles. The smallest absolute Gasteiger partial charge is 0.337 e. The molecular formula is C32H30N2O6S. The minimum atomic E-state index is -0.778. The molecule has 0 saturated heterocycles. The van der Waals surface area contributed by atoms with Gasteiger partial charge in [0.2, 0.25) is 0 Å². The van der Waals surface area contributed by atoms with Gasteiger partial charge in [0.1, 0.15) is 12.4 Å². The van der Waals surface area contributed by atoms with Crippen molar-refractivity contribution in [3.05, 3.63) is 110 Å². The zero-order valence-electron chi connectivity index (χ0n) is 23.1. The van der Waals surface area contributed by atoms with E-state index in [-0.39, 0.29) is 11.1 Å². The van der Waals surface area contributed by atoms with Crippen molar-refractivity contribution in [2.24, 2.45) is 4.99 Å². The van der Waals surface area contributed by atoms with Crippen LogP contribution in [0, 0.1) is 0 Å². The van der Waals surface area contributed by atoms with E-state index in [1.54, 1.807) is 18.2 Å². The van der Waals surface area contributed by atoms with Gasteiger partial charge in [-0.1, -0.05) is 60.4 Å². The van der Waals surface area contributed by atoms with Gasteiger partial charge >= 0.3 is 5.97 Å². The summed E-state index contributed by atoms with van der Waals surface area (Å²) in [5.74, 6) is 1.16. The first-order valence-electron chi connectivity index (χ1n) is 13.2. The highest BCUT2D eigenvalue weighted by Crippen LogP contribution is 2.35. The lowest BCUT2D eigenvalue weighted by Gasteiger charge is -2.23. The molecule has 0 radical (unpaired) electrons. The molecule has 0 aliphatic carbocycles. The fourth-order valence-corrected chi connectivity index (χ4v) is 5.77. The molecule has 0 fully saturated rings. The maximum atomic E-state index is 14.1. The molecule has 41 heavy (non-hydrogen) atoms. The normalized spacial score (nSPS) is 14.6. The lowest BCUT2D eigenvalue weighted by Crippen LogP contribution is -2.39. The van der Waals surface area contributed by atoms with Crippen molar-refractivity contribution in [1.29, 1.82) is 0 Å². The van der Waals surface area contributed by atoms with Crippen molar-refractivity contribution in [3.63, 3.8) is 0 Å². The number of rotatable bonds is 10. The van der Waals surface area contributed by atoms with Crippen LogP contribution in [0.3, 0.4) is 0 Å². The Labute approximate surface area is 241 Å². The van der Waals surface area contributed by atoms with Crippen LogP contribution in [0.5, 0.6) is 17.2 Å². The van der Waals surface area contributed by atoms with Gasteiger partial charge in [-0.2, -0.15) is 0 Å². The first-order valence-corrected chi connectivity index (χ1v) is 14.1. The van der Waals surface area contributed by atoms with Crippen molar-refractivity contribution in [3.8, 4) is 17.2 Å². The van der Waals surface area contributed by atoms with E-state index in [1.807, 2.05) is 62.4 Å². The molecule has 0 bridgehead atoms. The van der Waals surface area contributed by atoms with Gasteiger partial charge in [0.05, 0.1) is 36.5 Å². The third-order valence-corrected chi connectivity index (χ3v) is 7.57. The minimum Gasteiger partial charge on any atom is -0.490 e. The largest absolute Gasteiger partial charge is 0.490 e. The number of benzene rings is 3. The molecule has 0 unspecified atom stereocenters. The first kappa shape index (κ1) is 27.9. The van der Waals surface area contributed by atoms with Crippen LogP contribution in [0.25, 0.3) is 16.8 Å². The minimum absolute atomic E-state index is 0.234. The van der Waals surface area contributed by atoms with Crippen LogP contribution in [-0.4, -0.2) is 37.5 Å². The summed E-state index contributed by atoms with van der Waals surface area (Å²) in [5, 5.41) is 1.96. The summed E-state index contributed by atoms with van der Waals surface area (Å²) >= 11 is 1.24. The third-order valence-electron chi connectivity index (χ3n) is 6.57. The predicted molar refractivity (Wildman–Crippen MR) is 160 cm³/mol. The predicted octanol–water partition coefficient (Wildman–Crippen LogP) is 4.53. The number of hydrogen-bond acceptors (Lipinski definition) is 8. The molecule has 1 aliphatic rings. The molecule has 9 heteroatoms. The Morgan fingerprint density at radius 1 is 1.02 bits per heavy atom. The van der Waals surface area contributed by atoms with Crippen molar-refractivity contribution in [2.75, 3.05) is 26.9 Å². The quantitative estimate of drug-likeness (QED) is 0.206. The van der Waals surface area contributed by atoms with E-state index in [9.17, 15) is 9.59 Å². The van der Waals surface area contributed by atoms with Crippen molar-refractivity contribution in [1.82, 2.24) is 4.57 Å². The van der Waals surface area contributed by atoms with Crippen LogP contribution in [0.15, 0.2) is 88.8 Å². The number of carbonyl (C=O) groups is 1. The highest BCUT2D eigenvalue weighted by atomic mass is 32.1. The maximum absolute atomic E-state index is 14.1. The summed E-state index contributed by atoms with van der Waals surface area (Å²) < 4.78 is 24.6. The molecule has 8 nitrogen and oxygen atoms in total. The lowest BCUT2D eigenvalue weighted by atomic mass is 9.97. The molecule has 2 heterocycles. The molecule has 5 rings (SSSR count). The Bertz CT molecular complexity index is 1840. The van der Waals surface area contributed by atoms with Crippen molar-refractivity contribution < 1.29 is 23.7 Å². The van der Waals surface area contributed by atoms with E-state index < -0.39 is 12.0 Å². The van der Waals surface area contributed by atoms with Gasteiger partial charge in [-0.15, -0.1) is 0 Å². The summed E-state index contributed by atoms with van der Waals surface area (Å²) in [5.41, 5.74) is 1.39. The van der Waals surface area contributed by atoms with Gasteiger partial charge in [-0.05, 0) is 54.5 Å². The molecule has 1 aromatic heterocycles. The van der Waals surface area contributed by atoms with Gasteiger partial charge in [0.15, 0.2) is 16.3 Å². The van der Waals surface area contributed by atoms with Crippen LogP contribution in [-0.2, 0) is 9.53 Å². The number of esters is 1. The fraction of sp³-hybridized carbons (Fsp3) is 0.219. The molecule has 0 saturated carbocycles. The van der Waals surface area contributed by atoms with E-state index in [4.69, 9.17) is 18.9 Å². The monoisotopic (exact) mass is 570 g/mol. The number of hydrogen-bond donors (Lipinski definition) is 0. The number of methoxy groups -OCH3 is 1. The zero-order chi connectivity index (χ0) is 28.9. The Kier molecular flexibility index (Phi) is 8.35. The van der Waals surface area contributed by atoms with Gasteiger partial charge < -0.3 is 18.9 Å². The topological polar surface area (TPSA) is 88.3 Å². The highest BCUT2D eigenvalue weighted by molar-refractivity contribution is 7.07. The second-order valence-electron chi connectivity index (χ2n) is 9.05. The number of aromatic nitrogens is 1. The third kappa shape index (κ3) is 5.40. The standard InChI is InChI=1S/C32H30N2O6S/c1-5-16-40-25-14-12-20-10-8-9-11-22(20)23(25)18-28-30(35)34-29(24(31(36)37-4)19-33-32(34)41-28)21-13-15-26(38-6-2)27(17-21)39-7-3/h5,8-15,17-19,29H,1,6-7,16H2,2-4H3/b28-18+/t29-/m0/s1. The molecule has 210 valence electrons. The number of ether oxygens (including phenoxy) is 4.